The second kappa shape index (κ2) is 4.41. The van der Waals surface area contributed by atoms with E-state index < -0.39 is 0 Å². The summed E-state index contributed by atoms with van der Waals surface area (Å²) in [5.74, 6) is -0.146. The third-order valence-corrected chi connectivity index (χ3v) is 3.30. The Bertz CT molecular complexity index is 451. The summed E-state index contributed by atoms with van der Waals surface area (Å²) in [4.78, 5) is 16.1. The van der Waals surface area contributed by atoms with Crippen LogP contribution in [0.25, 0.3) is 0 Å². The van der Waals surface area contributed by atoms with Gasteiger partial charge in [0.25, 0.3) is 5.91 Å². The molecule has 0 saturated heterocycles. The van der Waals surface area contributed by atoms with Crippen LogP contribution in [0, 0.1) is 5.41 Å². The third-order valence-electron chi connectivity index (χ3n) is 3.06. The molecule has 1 heterocycles. The predicted octanol–water partition coefficient (Wildman–Crippen LogP) is 1.25. The number of amides is 1. The zero-order valence-electron chi connectivity index (χ0n) is 9.69. The minimum absolute atomic E-state index is 0.146. The molecule has 2 rings (SSSR count). The minimum Gasteiger partial charge on any atom is -0.389 e. The molecule has 1 saturated carbocycles. The molecule has 0 radical (unpaired) electrons. The molecule has 4 nitrogen and oxygen atoms in total. The molecule has 5 heteroatoms. The second-order valence-electron chi connectivity index (χ2n) is 4.79. The molecule has 1 aliphatic carbocycles. The van der Waals surface area contributed by atoms with E-state index in [1.54, 1.807) is 12.1 Å². The number of carbonyl (C=O) groups is 1. The number of rotatable bonds is 4. The van der Waals surface area contributed by atoms with Gasteiger partial charge in [0.15, 0.2) is 0 Å². The van der Waals surface area contributed by atoms with Crippen LogP contribution in [0.1, 0.15) is 35.8 Å². The van der Waals surface area contributed by atoms with Crippen molar-refractivity contribution in [2.45, 2.75) is 19.8 Å². The van der Waals surface area contributed by atoms with E-state index >= 15 is 0 Å². The highest BCUT2D eigenvalue weighted by Gasteiger charge is 2.37. The number of nitrogens with zero attached hydrogens (tertiary/aromatic N) is 1. The first kappa shape index (κ1) is 12.0. The molecule has 0 atom stereocenters. The normalized spacial score (nSPS) is 16.3. The van der Waals surface area contributed by atoms with Gasteiger partial charge in [-0.05, 0) is 30.4 Å². The Labute approximate surface area is 106 Å². The maximum absolute atomic E-state index is 11.8. The average Bonchev–Trinajstić information content (AvgIpc) is 3.05. The van der Waals surface area contributed by atoms with E-state index in [-0.39, 0.29) is 10.9 Å². The van der Waals surface area contributed by atoms with E-state index in [9.17, 15) is 4.79 Å². The lowest BCUT2D eigenvalue weighted by Crippen LogP contribution is -2.29. The van der Waals surface area contributed by atoms with Crippen molar-refractivity contribution in [2.75, 3.05) is 6.54 Å². The zero-order chi connectivity index (χ0) is 12.5. The highest BCUT2D eigenvalue weighted by atomic mass is 32.1. The second-order valence-corrected chi connectivity index (χ2v) is 5.23. The molecule has 17 heavy (non-hydrogen) atoms. The average molecular weight is 249 g/mol. The van der Waals surface area contributed by atoms with Gasteiger partial charge in [-0.2, -0.15) is 0 Å². The highest BCUT2D eigenvalue weighted by molar-refractivity contribution is 7.80. The van der Waals surface area contributed by atoms with Gasteiger partial charge < -0.3 is 11.1 Å². The van der Waals surface area contributed by atoms with Crippen molar-refractivity contribution in [1.29, 1.82) is 0 Å². The van der Waals surface area contributed by atoms with Crippen LogP contribution >= 0.6 is 12.2 Å². The van der Waals surface area contributed by atoms with Gasteiger partial charge in [-0.1, -0.05) is 19.1 Å². The summed E-state index contributed by atoms with van der Waals surface area (Å²) in [5.41, 5.74) is 6.82. The largest absolute Gasteiger partial charge is 0.389 e. The molecule has 0 aliphatic heterocycles. The molecule has 0 spiro atoms. The number of hydrogen-bond donors (Lipinski definition) is 2. The lowest BCUT2D eigenvalue weighted by molar-refractivity contribution is 0.0941. The first-order valence-corrected chi connectivity index (χ1v) is 5.95. The fourth-order valence-electron chi connectivity index (χ4n) is 1.45. The van der Waals surface area contributed by atoms with E-state index in [2.05, 4.69) is 17.2 Å². The van der Waals surface area contributed by atoms with Gasteiger partial charge in [0.1, 0.15) is 10.7 Å². The maximum atomic E-state index is 11.8. The molecule has 0 bridgehead atoms. The number of carbonyl (C=O) groups excluding carboxylic acids is 1. The van der Waals surface area contributed by atoms with Crippen molar-refractivity contribution in [2.24, 2.45) is 11.1 Å². The molecule has 1 aliphatic rings. The lowest BCUT2D eigenvalue weighted by atomic mass is 10.1. The van der Waals surface area contributed by atoms with E-state index in [0.29, 0.717) is 23.2 Å². The SMILES string of the molecule is CC1(CNC(=O)c2ccc(C(N)=S)cn2)CC1. The van der Waals surface area contributed by atoms with Gasteiger partial charge in [0.2, 0.25) is 0 Å². The van der Waals surface area contributed by atoms with Crippen LogP contribution in [0.5, 0.6) is 0 Å². The predicted molar refractivity (Wildman–Crippen MR) is 69.8 cm³/mol. The van der Waals surface area contributed by atoms with Crippen LogP contribution in [-0.2, 0) is 0 Å². The van der Waals surface area contributed by atoms with Crippen LogP contribution < -0.4 is 11.1 Å². The Morgan fingerprint density at radius 3 is 2.76 bits per heavy atom. The van der Waals surface area contributed by atoms with Crippen molar-refractivity contribution >= 4 is 23.1 Å². The zero-order valence-corrected chi connectivity index (χ0v) is 10.5. The van der Waals surface area contributed by atoms with Crippen molar-refractivity contribution in [3.63, 3.8) is 0 Å². The summed E-state index contributed by atoms with van der Waals surface area (Å²) in [5, 5.41) is 2.88. The topological polar surface area (TPSA) is 68.0 Å². The monoisotopic (exact) mass is 249 g/mol. The summed E-state index contributed by atoms with van der Waals surface area (Å²) in [7, 11) is 0. The van der Waals surface area contributed by atoms with Crippen LogP contribution in [0.3, 0.4) is 0 Å². The molecule has 1 amide bonds. The van der Waals surface area contributed by atoms with Crippen molar-refractivity contribution in [3.05, 3.63) is 29.6 Å². The molecule has 1 fully saturated rings. The third kappa shape index (κ3) is 3.00. The van der Waals surface area contributed by atoms with Gasteiger partial charge >= 0.3 is 0 Å². The first-order valence-electron chi connectivity index (χ1n) is 5.54. The fourth-order valence-corrected chi connectivity index (χ4v) is 1.57. The van der Waals surface area contributed by atoms with Crippen LogP contribution in [0.4, 0.5) is 0 Å². The van der Waals surface area contributed by atoms with Crippen LogP contribution in [0.15, 0.2) is 18.3 Å². The van der Waals surface area contributed by atoms with E-state index in [1.807, 2.05) is 0 Å². The molecule has 1 aromatic rings. The van der Waals surface area contributed by atoms with Gasteiger partial charge in [-0.3, -0.25) is 9.78 Å². The Hall–Kier alpha value is -1.49. The maximum Gasteiger partial charge on any atom is 0.269 e. The smallest absolute Gasteiger partial charge is 0.269 e. The van der Waals surface area contributed by atoms with Crippen LogP contribution in [0.2, 0.25) is 0 Å². The lowest BCUT2D eigenvalue weighted by Gasteiger charge is -2.09. The summed E-state index contributed by atoms with van der Waals surface area (Å²) >= 11 is 4.82. The molecular formula is C12H15N3OS. The first-order chi connectivity index (χ1) is 8.00. The Kier molecular flexibility index (Phi) is 3.11. The number of aromatic nitrogens is 1. The van der Waals surface area contributed by atoms with E-state index in [1.165, 1.54) is 19.0 Å². The Morgan fingerprint density at radius 2 is 2.29 bits per heavy atom. The van der Waals surface area contributed by atoms with Gasteiger partial charge in [0, 0.05) is 18.3 Å². The van der Waals surface area contributed by atoms with Crippen molar-refractivity contribution in [3.8, 4) is 0 Å². The number of nitrogens with two attached hydrogens (primary N) is 1. The van der Waals surface area contributed by atoms with Gasteiger partial charge in [0.05, 0.1) is 0 Å². The van der Waals surface area contributed by atoms with Crippen LogP contribution in [-0.4, -0.2) is 22.4 Å². The molecule has 0 aromatic carbocycles. The number of nitrogens with one attached hydrogen (secondary N) is 1. The minimum atomic E-state index is -0.146. The number of pyridine rings is 1. The molecule has 0 unspecified atom stereocenters. The van der Waals surface area contributed by atoms with Gasteiger partial charge in [-0.25, -0.2) is 0 Å². The summed E-state index contributed by atoms with van der Waals surface area (Å²) in [6, 6.07) is 3.35. The summed E-state index contributed by atoms with van der Waals surface area (Å²) < 4.78 is 0. The standard InChI is InChI=1S/C12H15N3OS/c1-12(4-5-12)7-15-11(16)9-3-2-8(6-14-9)10(13)17/h2-3,6H,4-5,7H2,1H3,(H2,13,17)(H,15,16). The van der Waals surface area contributed by atoms with Crippen molar-refractivity contribution in [1.82, 2.24) is 10.3 Å². The number of hydrogen-bond acceptors (Lipinski definition) is 3. The summed E-state index contributed by atoms with van der Waals surface area (Å²) in [6.45, 7) is 2.88. The Balaban J connectivity index is 1.96. The molecular weight excluding hydrogens is 234 g/mol. The molecule has 90 valence electrons. The van der Waals surface area contributed by atoms with Gasteiger partial charge in [-0.15, -0.1) is 0 Å². The van der Waals surface area contributed by atoms with Crippen molar-refractivity contribution < 1.29 is 4.79 Å². The molecule has 3 N–H and O–H groups in total. The summed E-state index contributed by atoms with van der Waals surface area (Å²) in [6.07, 6.45) is 3.89. The Morgan fingerprint density at radius 1 is 1.59 bits per heavy atom. The highest BCUT2D eigenvalue weighted by Crippen LogP contribution is 2.44. The molecule has 1 aromatic heterocycles. The fraction of sp³-hybridized carbons (Fsp3) is 0.417. The quantitative estimate of drug-likeness (QED) is 0.788. The number of thiocarbonyl (C=S) groups is 1. The van der Waals surface area contributed by atoms with E-state index in [0.717, 1.165) is 0 Å². The van der Waals surface area contributed by atoms with E-state index in [4.69, 9.17) is 18.0 Å².